The number of nitrogens with zero attached hydrogens (tertiary/aromatic N) is 3. The lowest BCUT2D eigenvalue weighted by atomic mass is 9.88. The molecule has 0 radical (unpaired) electrons. The fraction of sp³-hybridized carbons (Fsp3) is 0.409. The fourth-order valence-electron chi connectivity index (χ4n) is 3.83. The largest absolute Gasteiger partial charge is 0.282 e. The molecule has 3 aromatic rings. The van der Waals surface area contributed by atoms with Gasteiger partial charge in [0.25, 0.3) is 0 Å². The molecule has 1 aliphatic carbocycles. The maximum Gasteiger partial charge on any atom is 0.232 e. The molecular formula is C22H25N3OS. The minimum Gasteiger partial charge on any atom is -0.282 e. The predicted molar refractivity (Wildman–Crippen MR) is 111 cm³/mol. The molecule has 1 fully saturated rings. The molecule has 1 aromatic carbocycles. The van der Waals surface area contributed by atoms with Gasteiger partial charge in [-0.05, 0) is 49.9 Å². The highest BCUT2D eigenvalue weighted by Gasteiger charge is 2.29. The number of pyridine rings is 1. The van der Waals surface area contributed by atoms with Crippen LogP contribution in [-0.2, 0) is 11.3 Å². The van der Waals surface area contributed by atoms with Crippen molar-refractivity contribution >= 4 is 32.6 Å². The van der Waals surface area contributed by atoms with Gasteiger partial charge in [-0.3, -0.25) is 14.7 Å². The highest BCUT2D eigenvalue weighted by molar-refractivity contribution is 7.22. The topological polar surface area (TPSA) is 46.1 Å². The van der Waals surface area contributed by atoms with E-state index in [9.17, 15) is 4.79 Å². The highest BCUT2D eigenvalue weighted by atomic mass is 32.1. The molecule has 0 unspecified atom stereocenters. The lowest BCUT2D eigenvalue weighted by Crippen LogP contribution is -2.36. The van der Waals surface area contributed by atoms with Crippen LogP contribution in [-0.4, -0.2) is 15.9 Å². The quantitative estimate of drug-likeness (QED) is 0.608. The van der Waals surface area contributed by atoms with Gasteiger partial charge >= 0.3 is 0 Å². The Balaban J connectivity index is 1.74. The van der Waals surface area contributed by atoms with Gasteiger partial charge in [0, 0.05) is 12.1 Å². The number of anilines is 1. The van der Waals surface area contributed by atoms with Crippen LogP contribution < -0.4 is 4.90 Å². The van der Waals surface area contributed by atoms with Crippen molar-refractivity contribution in [3.8, 4) is 0 Å². The first-order valence-corrected chi connectivity index (χ1v) is 10.5. The molecule has 0 spiro atoms. The number of thiazole rings is 1. The number of carbonyl (C=O) groups is 1. The lowest BCUT2D eigenvalue weighted by molar-refractivity contribution is -0.123. The summed E-state index contributed by atoms with van der Waals surface area (Å²) in [6, 6.07) is 10.1. The number of hydrogen-bond acceptors (Lipinski definition) is 4. The Morgan fingerprint density at radius 2 is 1.89 bits per heavy atom. The molecule has 1 amide bonds. The van der Waals surface area contributed by atoms with E-state index in [2.05, 4.69) is 31.0 Å². The van der Waals surface area contributed by atoms with E-state index in [4.69, 9.17) is 4.98 Å². The van der Waals surface area contributed by atoms with Crippen LogP contribution in [0.15, 0.2) is 36.5 Å². The summed E-state index contributed by atoms with van der Waals surface area (Å²) in [6.45, 7) is 4.67. The molecule has 2 aromatic heterocycles. The van der Waals surface area contributed by atoms with Crippen LogP contribution in [0.2, 0.25) is 0 Å². The van der Waals surface area contributed by atoms with Gasteiger partial charge in [0.2, 0.25) is 5.91 Å². The van der Waals surface area contributed by atoms with E-state index in [1.165, 1.54) is 16.7 Å². The first-order chi connectivity index (χ1) is 13.1. The van der Waals surface area contributed by atoms with E-state index in [1.807, 2.05) is 23.1 Å². The van der Waals surface area contributed by atoms with Gasteiger partial charge in [0.1, 0.15) is 0 Å². The number of carbonyl (C=O) groups excluding carboxylic acids is 1. The van der Waals surface area contributed by atoms with Crippen LogP contribution in [0.3, 0.4) is 0 Å². The van der Waals surface area contributed by atoms with E-state index < -0.39 is 0 Å². The second-order valence-electron chi connectivity index (χ2n) is 7.45. The molecular weight excluding hydrogens is 354 g/mol. The maximum absolute atomic E-state index is 13.4. The third kappa shape index (κ3) is 3.74. The predicted octanol–water partition coefficient (Wildman–Crippen LogP) is 5.42. The third-order valence-corrected chi connectivity index (χ3v) is 6.64. The molecule has 0 atom stereocenters. The van der Waals surface area contributed by atoms with Crippen LogP contribution in [0.5, 0.6) is 0 Å². The number of rotatable bonds is 4. The van der Waals surface area contributed by atoms with Crippen molar-refractivity contribution in [1.82, 2.24) is 9.97 Å². The second kappa shape index (κ2) is 7.77. The minimum absolute atomic E-state index is 0.108. The zero-order valence-electron chi connectivity index (χ0n) is 15.9. The molecule has 5 heteroatoms. The summed E-state index contributed by atoms with van der Waals surface area (Å²) >= 11 is 1.62. The molecule has 27 heavy (non-hydrogen) atoms. The van der Waals surface area contributed by atoms with Crippen LogP contribution >= 0.6 is 11.3 Å². The number of fused-ring (bicyclic) bond motifs is 1. The van der Waals surface area contributed by atoms with Crippen molar-refractivity contribution in [2.24, 2.45) is 5.92 Å². The normalized spacial score (nSPS) is 15.2. The zero-order chi connectivity index (χ0) is 18.8. The van der Waals surface area contributed by atoms with Crippen molar-refractivity contribution in [2.45, 2.75) is 52.5 Å². The average Bonchev–Trinajstić information content (AvgIpc) is 3.16. The molecule has 140 valence electrons. The van der Waals surface area contributed by atoms with Gasteiger partial charge in [-0.15, -0.1) is 0 Å². The molecule has 0 N–H and O–H groups in total. The fourth-order valence-corrected chi connectivity index (χ4v) is 4.94. The molecule has 1 saturated carbocycles. The van der Waals surface area contributed by atoms with Crippen molar-refractivity contribution in [2.75, 3.05) is 4.90 Å². The summed E-state index contributed by atoms with van der Waals surface area (Å²) in [5.41, 5.74) is 4.27. The number of aromatic nitrogens is 2. The van der Waals surface area contributed by atoms with Gasteiger partial charge in [0.05, 0.1) is 22.5 Å². The Morgan fingerprint density at radius 1 is 1.11 bits per heavy atom. The molecule has 0 aliphatic heterocycles. The van der Waals surface area contributed by atoms with E-state index in [1.54, 1.807) is 17.5 Å². The molecule has 2 heterocycles. The average molecular weight is 380 g/mol. The van der Waals surface area contributed by atoms with Crippen molar-refractivity contribution < 1.29 is 4.79 Å². The Labute approximate surface area is 164 Å². The van der Waals surface area contributed by atoms with Crippen molar-refractivity contribution in [3.63, 3.8) is 0 Å². The van der Waals surface area contributed by atoms with Crippen LogP contribution in [0, 0.1) is 19.8 Å². The van der Waals surface area contributed by atoms with Crippen molar-refractivity contribution in [1.29, 1.82) is 0 Å². The smallest absolute Gasteiger partial charge is 0.232 e. The third-order valence-electron chi connectivity index (χ3n) is 5.43. The van der Waals surface area contributed by atoms with E-state index in [-0.39, 0.29) is 11.8 Å². The molecule has 4 nitrogen and oxygen atoms in total. The second-order valence-corrected chi connectivity index (χ2v) is 8.43. The summed E-state index contributed by atoms with van der Waals surface area (Å²) in [4.78, 5) is 24.6. The van der Waals surface area contributed by atoms with Gasteiger partial charge in [-0.1, -0.05) is 48.8 Å². The minimum atomic E-state index is 0.108. The Bertz CT molecular complexity index is 906. The van der Waals surface area contributed by atoms with Gasteiger partial charge in [-0.2, -0.15) is 0 Å². The molecule has 0 bridgehead atoms. The monoisotopic (exact) mass is 379 g/mol. The summed E-state index contributed by atoms with van der Waals surface area (Å²) in [5.74, 6) is 0.311. The zero-order valence-corrected chi connectivity index (χ0v) is 16.8. The Morgan fingerprint density at radius 3 is 2.59 bits per heavy atom. The van der Waals surface area contributed by atoms with Crippen LogP contribution in [0.1, 0.15) is 48.9 Å². The van der Waals surface area contributed by atoms with Crippen molar-refractivity contribution in [3.05, 3.63) is 53.3 Å². The summed E-state index contributed by atoms with van der Waals surface area (Å²) in [5, 5.41) is 0.795. The molecule has 0 saturated heterocycles. The van der Waals surface area contributed by atoms with Gasteiger partial charge in [0.15, 0.2) is 5.13 Å². The maximum atomic E-state index is 13.4. The number of amides is 1. The van der Waals surface area contributed by atoms with Gasteiger partial charge in [-0.25, -0.2) is 4.98 Å². The van der Waals surface area contributed by atoms with Gasteiger partial charge < -0.3 is 0 Å². The summed E-state index contributed by atoms with van der Waals surface area (Å²) < 4.78 is 1.17. The van der Waals surface area contributed by atoms with Crippen LogP contribution in [0.25, 0.3) is 10.2 Å². The number of aryl methyl sites for hydroxylation is 2. The lowest BCUT2D eigenvalue weighted by Gasteiger charge is -2.27. The van der Waals surface area contributed by atoms with Crippen LogP contribution in [0.4, 0.5) is 5.13 Å². The Hall–Kier alpha value is -2.27. The highest BCUT2D eigenvalue weighted by Crippen LogP contribution is 2.35. The summed E-state index contributed by atoms with van der Waals surface area (Å²) in [7, 11) is 0. The summed E-state index contributed by atoms with van der Waals surface area (Å²) in [6.07, 6.45) is 7.29. The molecule has 4 rings (SSSR count). The number of hydrogen-bond donors (Lipinski definition) is 0. The Kier molecular flexibility index (Phi) is 5.21. The number of benzene rings is 1. The standard InChI is InChI=1S/C22H25N3OS/c1-15-11-12-16(2)20-19(15)24-22(27-20)25(14-18-10-6-7-13-23-18)21(26)17-8-4-3-5-9-17/h6-7,10-13,17H,3-5,8-9,14H2,1-2H3. The van der Waals surface area contributed by atoms with E-state index in [0.717, 1.165) is 47.6 Å². The van der Waals surface area contributed by atoms with E-state index in [0.29, 0.717) is 6.54 Å². The first kappa shape index (κ1) is 18.1. The van der Waals surface area contributed by atoms with E-state index >= 15 is 0 Å². The SMILES string of the molecule is Cc1ccc(C)c2sc(N(Cc3ccccn3)C(=O)C3CCCCC3)nc12. The molecule has 1 aliphatic rings. The first-order valence-electron chi connectivity index (χ1n) is 9.71.